The van der Waals surface area contributed by atoms with Gasteiger partial charge in [-0.15, -0.1) is 0 Å². The Morgan fingerprint density at radius 3 is 2.16 bits per heavy atom. The SMILES string of the molecule is CCCc1ccc(Nc2c(F)cc(N)cc2F)cc1. The van der Waals surface area contributed by atoms with Gasteiger partial charge in [-0.25, -0.2) is 8.78 Å². The number of nitrogens with two attached hydrogens (primary N) is 1. The molecule has 0 spiro atoms. The van der Waals surface area contributed by atoms with Crippen LogP contribution in [0.1, 0.15) is 18.9 Å². The monoisotopic (exact) mass is 262 g/mol. The summed E-state index contributed by atoms with van der Waals surface area (Å²) in [6, 6.07) is 9.69. The lowest BCUT2D eigenvalue weighted by Gasteiger charge is -2.10. The third-order valence-corrected chi connectivity index (χ3v) is 2.83. The Morgan fingerprint density at radius 2 is 1.63 bits per heavy atom. The van der Waals surface area contributed by atoms with Crippen molar-refractivity contribution >= 4 is 17.1 Å². The maximum Gasteiger partial charge on any atom is 0.151 e. The molecule has 3 N–H and O–H groups in total. The highest BCUT2D eigenvalue weighted by atomic mass is 19.1. The minimum absolute atomic E-state index is 0.0684. The molecular weight excluding hydrogens is 246 g/mol. The molecule has 0 aliphatic rings. The van der Waals surface area contributed by atoms with Crippen LogP contribution in [0.2, 0.25) is 0 Å². The Bertz CT molecular complexity index is 542. The second-order valence-corrected chi connectivity index (χ2v) is 4.43. The molecule has 0 saturated heterocycles. The summed E-state index contributed by atoms with van der Waals surface area (Å²) in [6.45, 7) is 2.10. The van der Waals surface area contributed by atoms with E-state index in [0.29, 0.717) is 5.69 Å². The van der Waals surface area contributed by atoms with Gasteiger partial charge in [-0.05, 0) is 36.2 Å². The topological polar surface area (TPSA) is 38.0 Å². The molecule has 2 rings (SSSR count). The molecule has 0 amide bonds. The molecule has 0 aliphatic heterocycles. The normalized spacial score (nSPS) is 10.5. The molecule has 100 valence electrons. The third-order valence-electron chi connectivity index (χ3n) is 2.83. The van der Waals surface area contributed by atoms with Crippen molar-refractivity contribution in [1.82, 2.24) is 0 Å². The lowest BCUT2D eigenvalue weighted by atomic mass is 10.1. The van der Waals surface area contributed by atoms with E-state index in [1.54, 1.807) is 12.1 Å². The summed E-state index contributed by atoms with van der Waals surface area (Å²) in [6.07, 6.45) is 2.05. The molecule has 0 radical (unpaired) electrons. The molecule has 4 heteroatoms. The molecule has 2 aromatic rings. The van der Waals surface area contributed by atoms with Crippen LogP contribution < -0.4 is 11.1 Å². The quantitative estimate of drug-likeness (QED) is 0.809. The summed E-state index contributed by atoms with van der Waals surface area (Å²) in [5.41, 5.74) is 7.09. The Kier molecular flexibility index (Phi) is 4.00. The van der Waals surface area contributed by atoms with Crippen LogP contribution in [0.4, 0.5) is 25.8 Å². The van der Waals surface area contributed by atoms with Gasteiger partial charge < -0.3 is 11.1 Å². The van der Waals surface area contributed by atoms with E-state index in [1.807, 2.05) is 12.1 Å². The number of aryl methyl sites for hydroxylation is 1. The number of benzene rings is 2. The number of anilines is 3. The third kappa shape index (κ3) is 3.22. The minimum Gasteiger partial charge on any atom is -0.399 e. The predicted molar refractivity (Wildman–Crippen MR) is 74.5 cm³/mol. The van der Waals surface area contributed by atoms with Gasteiger partial charge in [0, 0.05) is 11.4 Å². The summed E-state index contributed by atoms with van der Waals surface area (Å²) < 4.78 is 27.2. The van der Waals surface area contributed by atoms with Crippen LogP contribution in [0.15, 0.2) is 36.4 Å². The van der Waals surface area contributed by atoms with E-state index in [1.165, 1.54) is 5.56 Å². The molecule has 0 atom stereocenters. The highest BCUT2D eigenvalue weighted by Gasteiger charge is 2.10. The van der Waals surface area contributed by atoms with Gasteiger partial charge >= 0.3 is 0 Å². The smallest absolute Gasteiger partial charge is 0.151 e. The van der Waals surface area contributed by atoms with E-state index in [-0.39, 0.29) is 11.4 Å². The molecular formula is C15H16F2N2. The van der Waals surface area contributed by atoms with Gasteiger partial charge in [0.25, 0.3) is 0 Å². The van der Waals surface area contributed by atoms with Crippen LogP contribution in [0.3, 0.4) is 0 Å². The lowest BCUT2D eigenvalue weighted by molar-refractivity contribution is 0.592. The predicted octanol–water partition coefficient (Wildman–Crippen LogP) is 4.24. The maximum atomic E-state index is 13.6. The van der Waals surface area contributed by atoms with Crippen LogP contribution in [-0.2, 0) is 6.42 Å². The average molecular weight is 262 g/mol. The fraction of sp³-hybridized carbons (Fsp3) is 0.200. The van der Waals surface area contributed by atoms with Crippen molar-refractivity contribution in [3.8, 4) is 0 Å². The zero-order valence-electron chi connectivity index (χ0n) is 10.7. The van der Waals surface area contributed by atoms with Crippen molar-refractivity contribution in [2.75, 3.05) is 11.1 Å². The molecule has 0 fully saturated rings. The molecule has 0 saturated carbocycles. The van der Waals surface area contributed by atoms with E-state index >= 15 is 0 Å². The maximum absolute atomic E-state index is 13.6. The highest BCUT2D eigenvalue weighted by molar-refractivity contribution is 5.63. The first-order chi connectivity index (χ1) is 9.10. The van der Waals surface area contributed by atoms with Gasteiger partial charge in [-0.3, -0.25) is 0 Å². The fourth-order valence-corrected chi connectivity index (χ4v) is 1.90. The Hall–Kier alpha value is -2.10. The second kappa shape index (κ2) is 5.69. The van der Waals surface area contributed by atoms with Gasteiger partial charge in [-0.2, -0.15) is 0 Å². The summed E-state index contributed by atoms with van der Waals surface area (Å²) in [5.74, 6) is -1.40. The molecule has 0 unspecified atom stereocenters. The van der Waals surface area contributed by atoms with Crippen molar-refractivity contribution < 1.29 is 8.78 Å². The standard InChI is InChI=1S/C15H16F2N2/c1-2-3-10-4-6-12(7-5-10)19-15-13(16)8-11(18)9-14(15)17/h4-9,19H,2-3,18H2,1H3. The van der Waals surface area contributed by atoms with Crippen molar-refractivity contribution in [1.29, 1.82) is 0 Å². The zero-order chi connectivity index (χ0) is 13.8. The molecule has 2 aromatic carbocycles. The van der Waals surface area contributed by atoms with E-state index < -0.39 is 11.6 Å². The zero-order valence-corrected chi connectivity index (χ0v) is 10.7. The van der Waals surface area contributed by atoms with Gasteiger partial charge in [0.15, 0.2) is 11.6 Å². The van der Waals surface area contributed by atoms with Crippen LogP contribution >= 0.6 is 0 Å². The Morgan fingerprint density at radius 1 is 1.05 bits per heavy atom. The summed E-state index contributed by atoms with van der Waals surface area (Å²) in [5, 5.41) is 2.73. The van der Waals surface area contributed by atoms with Crippen LogP contribution in [0.25, 0.3) is 0 Å². The first kappa shape index (κ1) is 13.3. The van der Waals surface area contributed by atoms with Crippen molar-refractivity contribution in [3.63, 3.8) is 0 Å². The largest absolute Gasteiger partial charge is 0.399 e. The number of nitrogens with one attached hydrogen (secondary N) is 1. The minimum atomic E-state index is -0.699. The van der Waals surface area contributed by atoms with Gasteiger partial charge in [0.1, 0.15) is 5.69 Å². The molecule has 0 aliphatic carbocycles. The Labute approximate surface area is 111 Å². The van der Waals surface area contributed by atoms with Crippen LogP contribution in [-0.4, -0.2) is 0 Å². The lowest BCUT2D eigenvalue weighted by Crippen LogP contribution is -1.99. The molecule has 0 aromatic heterocycles. The summed E-state index contributed by atoms with van der Waals surface area (Å²) in [4.78, 5) is 0. The summed E-state index contributed by atoms with van der Waals surface area (Å²) in [7, 11) is 0. The number of nitrogen functional groups attached to an aromatic ring is 1. The van der Waals surface area contributed by atoms with Crippen molar-refractivity contribution in [2.45, 2.75) is 19.8 Å². The van der Waals surface area contributed by atoms with Gasteiger partial charge in [-0.1, -0.05) is 25.5 Å². The molecule has 0 bridgehead atoms. The average Bonchev–Trinajstić information content (AvgIpc) is 2.36. The van der Waals surface area contributed by atoms with Gasteiger partial charge in [0.2, 0.25) is 0 Å². The van der Waals surface area contributed by atoms with E-state index in [2.05, 4.69) is 12.2 Å². The molecule has 0 heterocycles. The second-order valence-electron chi connectivity index (χ2n) is 4.43. The number of hydrogen-bond donors (Lipinski definition) is 2. The molecule has 2 nitrogen and oxygen atoms in total. The number of rotatable bonds is 4. The molecule has 19 heavy (non-hydrogen) atoms. The van der Waals surface area contributed by atoms with Crippen molar-refractivity contribution in [3.05, 3.63) is 53.6 Å². The fourth-order valence-electron chi connectivity index (χ4n) is 1.90. The van der Waals surface area contributed by atoms with E-state index in [0.717, 1.165) is 25.0 Å². The number of hydrogen-bond acceptors (Lipinski definition) is 2. The first-order valence-electron chi connectivity index (χ1n) is 6.20. The van der Waals surface area contributed by atoms with Gasteiger partial charge in [0.05, 0.1) is 0 Å². The van der Waals surface area contributed by atoms with Crippen molar-refractivity contribution in [2.24, 2.45) is 0 Å². The highest BCUT2D eigenvalue weighted by Crippen LogP contribution is 2.25. The summed E-state index contributed by atoms with van der Waals surface area (Å²) >= 11 is 0. The van der Waals surface area contributed by atoms with E-state index in [4.69, 9.17) is 5.73 Å². The first-order valence-corrected chi connectivity index (χ1v) is 6.20. The van der Waals surface area contributed by atoms with E-state index in [9.17, 15) is 8.78 Å². The number of halogens is 2. The Balaban J connectivity index is 2.21. The van der Waals surface area contributed by atoms with Crippen LogP contribution in [0.5, 0.6) is 0 Å². The van der Waals surface area contributed by atoms with Crippen LogP contribution in [0, 0.1) is 11.6 Å².